The van der Waals surface area contributed by atoms with Crippen LogP contribution in [-0.2, 0) is 4.79 Å². The minimum atomic E-state index is -0.325. The monoisotopic (exact) mass is 353 g/mol. The van der Waals surface area contributed by atoms with Gasteiger partial charge in [-0.25, -0.2) is 4.79 Å². The number of ether oxygens (including phenoxy) is 1. The quantitative estimate of drug-likeness (QED) is 0.853. The van der Waals surface area contributed by atoms with Crippen molar-refractivity contribution in [1.82, 2.24) is 10.2 Å². The van der Waals surface area contributed by atoms with Crippen LogP contribution in [0.2, 0.25) is 5.02 Å². The lowest BCUT2D eigenvalue weighted by molar-refractivity contribution is -0.130. The Morgan fingerprint density at radius 2 is 2.21 bits per heavy atom. The van der Waals surface area contributed by atoms with E-state index in [1.807, 2.05) is 6.92 Å². The summed E-state index contributed by atoms with van der Waals surface area (Å²) in [4.78, 5) is 25.5. The molecule has 0 spiro atoms. The molecule has 0 aliphatic carbocycles. The second kappa shape index (κ2) is 8.78. The lowest BCUT2D eigenvalue weighted by Gasteiger charge is -2.32. The third-order valence-corrected chi connectivity index (χ3v) is 4.17. The Morgan fingerprint density at radius 1 is 1.42 bits per heavy atom. The van der Waals surface area contributed by atoms with E-state index in [0.717, 1.165) is 25.8 Å². The van der Waals surface area contributed by atoms with E-state index in [4.69, 9.17) is 16.3 Å². The van der Waals surface area contributed by atoms with Gasteiger partial charge in [0.25, 0.3) is 0 Å². The molecule has 1 unspecified atom stereocenters. The first-order valence-electron chi connectivity index (χ1n) is 8.25. The van der Waals surface area contributed by atoms with Crippen LogP contribution in [0.5, 0.6) is 5.75 Å². The Kier molecular flexibility index (Phi) is 6.73. The van der Waals surface area contributed by atoms with Crippen LogP contribution in [0.3, 0.4) is 0 Å². The number of hydrogen-bond donors (Lipinski definition) is 2. The third kappa shape index (κ3) is 5.03. The second-order valence-electron chi connectivity index (χ2n) is 5.87. The van der Waals surface area contributed by atoms with E-state index in [1.165, 1.54) is 0 Å². The van der Waals surface area contributed by atoms with Crippen LogP contribution in [0.25, 0.3) is 0 Å². The highest BCUT2D eigenvalue weighted by Crippen LogP contribution is 2.33. The van der Waals surface area contributed by atoms with E-state index in [2.05, 4.69) is 10.6 Å². The molecule has 1 aromatic rings. The molecule has 2 N–H and O–H groups in total. The minimum Gasteiger partial charge on any atom is -0.490 e. The van der Waals surface area contributed by atoms with Gasteiger partial charge in [0.05, 0.1) is 17.3 Å². The maximum absolute atomic E-state index is 12.3. The summed E-state index contributed by atoms with van der Waals surface area (Å²) >= 11 is 6.15. The lowest BCUT2D eigenvalue weighted by Crippen LogP contribution is -2.50. The van der Waals surface area contributed by atoms with Gasteiger partial charge in [-0.15, -0.1) is 0 Å². The first-order chi connectivity index (χ1) is 11.5. The fourth-order valence-corrected chi connectivity index (χ4v) is 2.91. The highest BCUT2D eigenvalue weighted by Gasteiger charge is 2.23. The molecule has 1 fully saturated rings. The molecule has 1 aliphatic heterocycles. The molecule has 0 aromatic heterocycles. The van der Waals surface area contributed by atoms with E-state index in [1.54, 1.807) is 30.0 Å². The Labute approximate surface area is 147 Å². The number of piperidine rings is 1. The summed E-state index contributed by atoms with van der Waals surface area (Å²) in [5.74, 6) is 0.511. The summed E-state index contributed by atoms with van der Waals surface area (Å²) in [7, 11) is 0. The number of anilines is 1. The molecule has 6 nitrogen and oxygen atoms in total. The molecule has 1 heterocycles. The van der Waals surface area contributed by atoms with Crippen LogP contribution in [0.1, 0.15) is 33.1 Å². The molecule has 7 heteroatoms. The molecule has 3 amide bonds. The van der Waals surface area contributed by atoms with E-state index < -0.39 is 0 Å². The van der Waals surface area contributed by atoms with Crippen LogP contribution in [-0.4, -0.2) is 42.6 Å². The van der Waals surface area contributed by atoms with Crippen molar-refractivity contribution in [2.75, 3.05) is 25.0 Å². The van der Waals surface area contributed by atoms with Crippen molar-refractivity contribution >= 4 is 29.2 Å². The van der Waals surface area contributed by atoms with E-state index in [0.29, 0.717) is 29.6 Å². The predicted molar refractivity (Wildman–Crippen MR) is 94.7 cm³/mol. The lowest BCUT2D eigenvalue weighted by atomic mass is 10.1. The number of rotatable bonds is 5. The molecule has 24 heavy (non-hydrogen) atoms. The smallest absolute Gasteiger partial charge is 0.319 e. The van der Waals surface area contributed by atoms with E-state index in [9.17, 15) is 9.59 Å². The maximum Gasteiger partial charge on any atom is 0.319 e. The van der Waals surface area contributed by atoms with Gasteiger partial charge in [0, 0.05) is 26.1 Å². The standard InChI is InChI=1S/C17H24ClN3O3/c1-3-10-24-16-14(18)7-4-8-15(16)20-17(23)19-13-6-5-9-21(11-13)12(2)22/h4,7-8,13H,3,5-6,9-11H2,1-2H3,(H2,19,20,23). The highest BCUT2D eigenvalue weighted by atomic mass is 35.5. The number of halogens is 1. The van der Waals surface area contributed by atoms with E-state index >= 15 is 0 Å². The zero-order valence-electron chi connectivity index (χ0n) is 14.1. The molecule has 2 rings (SSSR count). The topological polar surface area (TPSA) is 70.7 Å². The molecule has 132 valence electrons. The van der Waals surface area contributed by atoms with Crippen molar-refractivity contribution in [2.45, 2.75) is 39.2 Å². The molecule has 1 aromatic carbocycles. The molecular formula is C17H24ClN3O3. The van der Waals surface area contributed by atoms with Gasteiger partial charge in [0.15, 0.2) is 5.75 Å². The fraction of sp³-hybridized carbons (Fsp3) is 0.529. The Morgan fingerprint density at radius 3 is 2.92 bits per heavy atom. The summed E-state index contributed by atoms with van der Waals surface area (Å²) in [6, 6.07) is 4.85. The number of para-hydroxylation sites is 1. The zero-order valence-corrected chi connectivity index (χ0v) is 14.9. The van der Waals surface area contributed by atoms with Crippen molar-refractivity contribution in [1.29, 1.82) is 0 Å². The first kappa shape index (κ1) is 18.4. The number of nitrogens with one attached hydrogen (secondary N) is 2. The van der Waals surface area contributed by atoms with Crippen LogP contribution in [0.15, 0.2) is 18.2 Å². The minimum absolute atomic E-state index is 0.0343. The average Bonchev–Trinajstić information content (AvgIpc) is 2.54. The second-order valence-corrected chi connectivity index (χ2v) is 6.27. The molecule has 1 saturated heterocycles. The summed E-state index contributed by atoms with van der Waals surface area (Å²) in [5, 5.41) is 6.16. The number of carbonyl (C=O) groups excluding carboxylic acids is 2. The van der Waals surface area contributed by atoms with Crippen molar-refractivity contribution in [3.8, 4) is 5.75 Å². The number of amides is 3. The third-order valence-electron chi connectivity index (χ3n) is 3.87. The van der Waals surface area contributed by atoms with Crippen LogP contribution < -0.4 is 15.4 Å². The van der Waals surface area contributed by atoms with Crippen molar-refractivity contribution in [3.63, 3.8) is 0 Å². The number of nitrogens with zero attached hydrogens (tertiary/aromatic N) is 1. The van der Waals surface area contributed by atoms with Crippen molar-refractivity contribution < 1.29 is 14.3 Å². The molecule has 0 saturated carbocycles. The van der Waals surface area contributed by atoms with Crippen LogP contribution in [0, 0.1) is 0 Å². The van der Waals surface area contributed by atoms with Crippen LogP contribution >= 0.6 is 11.6 Å². The summed E-state index contributed by atoms with van der Waals surface area (Å²) in [6.07, 6.45) is 2.58. The number of urea groups is 1. The molecule has 1 atom stereocenters. The normalized spacial score (nSPS) is 17.3. The van der Waals surface area contributed by atoms with Crippen molar-refractivity contribution in [3.05, 3.63) is 23.2 Å². The van der Waals surface area contributed by atoms with Crippen molar-refractivity contribution in [2.24, 2.45) is 0 Å². The Balaban J connectivity index is 1.97. The van der Waals surface area contributed by atoms with Gasteiger partial charge in [-0.05, 0) is 31.4 Å². The summed E-state index contributed by atoms with van der Waals surface area (Å²) < 4.78 is 5.63. The Bertz CT molecular complexity index is 594. The average molecular weight is 354 g/mol. The van der Waals surface area contributed by atoms with Crippen LogP contribution in [0.4, 0.5) is 10.5 Å². The fourth-order valence-electron chi connectivity index (χ4n) is 2.68. The number of benzene rings is 1. The van der Waals surface area contributed by atoms with Gasteiger partial charge < -0.3 is 20.3 Å². The number of likely N-dealkylation sites (tertiary alicyclic amines) is 1. The zero-order chi connectivity index (χ0) is 17.5. The van der Waals surface area contributed by atoms with Gasteiger partial charge in [-0.2, -0.15) is 0 Å². The number of hydrogen-bond acceptors (Lipinski definition) is 3. The summed E-state index contributed by atoms with van der Waals surface area (Å²) in [5.41, 5.74) is 0.535. The first-order valence-corrected chi connectivity index (χ1v) is 8.63. The van der Waals surface area contributed by atoms with Gasteiger partial charge in [0.1, 0.15) is 0 Å². The van der Waals surface area contributed by atoms with Gasteiger partial charge in [0.2, 0.25) is 5.91 Å². The summed E-state index contributed by atoms with van der Waals surface area (Å²) in [6.45, 7) is 5.36. The van der Waals surface area contributed by atoms with Gasteiger partial charge >= 0.3 is 6.03 Å². The van der Waals surface area contributed by atoms with E-state index in [-0.39, 0.29) is 18.0 Å². The molecule has 1 aliphatic rings. The SMILES string of the molecule is CCCOc1c(Cl)cccc1NC(=O)NC1CCCN(C(C)=O)C1. The maximum atomic E-state index is 12.3. The molecular weight excluding hydrogens is 330 g/mol. The largest absolute Gasteiger partial charge is 0.490 e. The Hall–Kier alpha value is -1.95. The molecule has 0 bridgehead atoms. The van der Waals surface area contributed by atoms with Gasteiger partial charge in [-0.3, -0.25) is 4.79 Å². The highest BCUT2D eigenvalue weighted by molar-refractivity contribution is 6.32. The predicted octanol–water partition coefficient (Wildman–Crippen LogP) is 3.26. The molecule has 0 radical (unpaired) electrons. The van der Waals surface area contributed by atoms with Gasteiger partial charge in [-0.1, -0.05) is 24.6 Å². The number of carbonyl (C=O) groups is 2.